The van der Waals surface area contributed by atoms with Crippen LogP contribution < -0.4 is 5.32 Å². The molecule has 98 valence electrons. The van der Waals surface area contributed by atoms with Gasteiger partial charge < -0.3 is 5.32 Å². The standard InChI is InChI=1S/C13H21N5/c1-4-11(3)18-7-6-13(16-18)14-8-12-9-15-17(5-2)10-12/h6-7,9-11H,4-5,8H2,1-3H3,(H,14,16)/t11-/m0/s1. The highest BCUT2D eigenvalue weighted by molar-refractivity contribution is 5.33. The van der Waals surface area contributed by atoms with Gasteiger partial charge in [-0.05, 0) is 20.3 Å². The van der Waals surface area contributed by atoms with Gasteiger partial charge in [0.15, 0.2) is 0 Å². The summed E-state index contributed by atoms with van der Waals surface area (Å²) in [4.78, 5) is 0. The van der Waals surface area contributed by atoms with E-state index in [-0.39, 0.29) is 0 Å². The molecule has 0 radical (unpaired) electrons. The quantitative estimate of drug-likeness (QED) is 0.853. The van der Waals surface area contributed by atoms with Gasteiger partial charge >= 0.3 is 0 Å². The molecule has 0 unspecified atom stereocenters. The molecule has 0 aliphatic carbocycles. The number of aromatic nitrogens is 4. The van der Waals surface area contributed by atoms with Crippen LogP contribution in [0.2, 0.25) is 0 Å². The average Bonchev–Trinajstić information content (AvgIpc) is 3.04. The third-order valence-electron chi connectivity index (χ3n) is 3.14. The fraction of sp³-hybridized carbons (Fsp3) is 0.538. The molecule has 0 amide bonds. The number of anilines is 1. The van der Waals surface area contributed by atoms with E-state index in [1.54, 1.807) is 0 Å². The molecule has 18 heavy (non-hydrogen) atoms. The lowest BCUT2D eigenvalue weighted by Gasteiger charge is -2.08. The van der Waals surface area contributed by atoms with Crippen molar-refractivity contribution >= 4 is 5.82 Å². The highest BCUT2D eigenvalue weighted by atomic mass is 15.3. The SMILES string of the molecule is CC[C@H](C)n1ccc(NCc2cnn(CC)c2)n1. The van der Waals surface area contributed by atoms with Crippen molar-refractivity contribution < 1.29 is 0 Å². The zero-order valence-corrected chi connectivity index (χ0v) is 11.3. The van der Waals surface area contributed by atoms with Crippen molar-refractivity contribution in [3.05, 3.63) is 30.2 Å². The fourth-order valence-corrected chi connectivity index (χ4v) is 1.73. The fourth-order valence-electron chi connectivity index (χ4n) is 1.73. The van der Waals surface area contributed by atoms with E-state index >= 15 is 0 Å². The van der Waals surface area contributed by atoms with Crippen LogP contribution in [-0.4, -0.2) is 19.6 Å². The number of hydrogen-bond donors (Lipinski definition) is 1. The topological polar surface area (TPSA) is 47.7 Å². The van der Waals surface area contributed by atoms with Crippen molar-refractivity contribution in [3.63, 3.8) is 0 Å². The minimum Gasteiger partial charge on any atom is -0.364 e. The van der Waals surface area contributed by atoms with E-state index < -0.39 is 0 Å². The predicted octanol–water partition coefficient (Wildman–Crippen LogP) is 2.68. The molecule has 5 nitrogen and oxygen atoms in total. The Morgan fingerprint density at radius 1 is 1.39 bits per heavy atom. The van der Waals surface area contributed by atoms with Gasteiger partial charge in [-0.3, -0.25) is 9.36 Å². The Morgan fingerprint density at radius 2 is 2.22 bits per heavy atom. The third kappa shape index (κ3) is 2.91. The van der Waals surface area contributed by atoms with Crippen LogP contribution in [0.5, 0.6) is 0 Å². The zero-order valence-electron chi connectivity index (χ0n) is 11.3. The van der Waals surface area contributed by atoms with Crippen molar-refractivity contribution in [1.82, 2.24) is 19.6 Å². The Bertz CT molecular complexity index is 485. The molecule has 2 heterocycles. The molecule has 0 fully saturated rings. The molecule has 0 aromatic carbocycles. The normalized spacial score (nSPS) is 12.6. The second-order valence-electron chi connectivity index (χ2n) is 4.50. The zero-order chi connectivity index (χ0) is 13.0. The maximum absolute atomic E-state index is 4.50. The highest BCUT2D eigenvalue weighted by Gasteiger charge is 2.04. The first-order valence-corrected chi connectivity index (χ1v) is 6.53. The van der Waals surface area contributed by atoms with Crippen LogP contribution in [0.25, 0.3) is 0 Å². The first kappa shape index (κ1) is 12.7. The molecule has 5 heteroatoms. The Kier molecular flexibility index (Phi) is 4.02. The summed E-state index contributed by atoms with van der Waals surface area (Å²) in [6.45, 7) is 8.08. The summed E-state index contributed by atoms with van der Waals surface area (Å²) in [5.41, 5.74) is 1.18. The molecular weight excluding hydrogens is 226 g/mol. The van der Waals surface area contributed by atoms with Crippen LogP contribution in [0.4, 0.5) is 5.82 Å². The Balaban J connectivity index is 1.91. The van der Waals surface area contributed by atoms with Crippen molar-refractivity contribution in [3.8, 4) is 0 Å². The smallest absolute Gasteiger partial charge is 0.148 e. The van der Waals surface area contributed by atoms with Gasteiger partial charge in [0.2, 0.25) is 0 Å². The molecule has 0 saturated heterocycles. The molecule has 0 saturated carbocycles. The summed E-state index contributed by atoms with van der Waals surface area (Å²) in [7, 11) is 0. The van der Waals surface area contributed by atoms with Gasteiger partial charge in [-0.2, -0.15) is 10.2 Å². The first-order chi connectivity index (χ1) is 8.72. The van der Waals surface area contributed by atoms with E-state index in [1.807, 2.05) is 27.8 Å². The van der Waals surface area contributed by atoms with E-state index in [9.17, 15) is 0 Å². The van der Waals surface area contributed by atoms with Gasteiger partial charge in [-0.15, -0.1) is 0 Å². The number of rotatable bonds is 6. The molecule has 2 rings (SSSR count). The van der Waals surface area contributed by atoms with Crippen LogP contribution in [0.15, 0.2) is 24.7 Å². The monoisotopic (exact) mass is 247 g/mol. The molecule has 2 aromatic heterocycles. The van der Waals surface area contributed by atoms with Gasteiger partial charge in [0.05, 0.1) is 6.20 Å². The van der Waals surface area contributed by atoms with Gasteiger partial charge in [-0.25, -0.2) is 0 Å². The molecule has 0 aliphatic rings. The maximum atomic E-state index is 4.50. The van der Waals surface area contributed by atoms with E-state index in [0.717, 1.165) is 25.3 Å². The van der Waals surface area contributed by atoms with Crippen LogP contribution in [0.3, 0.4) is 0 Å². The van der Waals surface area contributed by atoms with Gasteiger partial charge in [0.1, 0.15) is 5.82 Å². The van der Waals surface area contributed by atoms with Crippen LogP contribution in [0.1, 0.15) is 38.8 Å². The first-order valence-electron chi connectivity index (χ1n) is 6.53. The molecular formula is C13H21N5. The maximum Gasteiger partial charge on any atom is 0.148 e. The Morgan fingerprint density at radius 3 is 2.89 bits per heavy atom. The van der Waals surface area contributed by atoms with Gasteiger partial charge in [0, 0.05) is 43.2 Å². The summed E-state index contributed by atoms with van der Waals surface area (Å²) < 4.78 is 3.92. The number of nitrogens with one attached hydrogen (secondary N) is 1. The van der Waals surface area contributed by atoms with E-state index in [2.05, 4.69) is 42.5 Å². The second-order valence-corrected chi connectivity index (χ2v) is 4.50. The van der Waals surface area contributed by atoms with E-state index in [0.29, 0.717) is 6.04 Å². The van der Waals surface area contributed by atoms with Crippen LogP contribution >= 0.6 is 0 Å². The van der Waals surface area contributed by atoms with E-state index in [1.165, 1.54) is 5.56 Å². The van der Waals surface area contributed by atoms with Gasteiger partial charge in [-0.1, -0.05) is 6.92 Å². The van der Waals surface area contributed by atoms with Crippen LogP contribution in [0, 0.1) is 0 Å². The lowest BCUT2D eigenvalue weighted by molar-refractivity contribution is 0.479. The number of aryl methyl sites for hydroxylation is 1. The molecule has 2 aromatic rings. The summed E-state index contributed by atoms with van der Waals surface area (Å²) in [5, 5.41) is 12.1. The molecule has 0 aliphatic heterocycles. The minimum absolute atomic E-state index is 0.448. The molecule has 0 spiro atoms. The summed E-state index contributed by atoms with van der Waals surface area (Å²) in [5.74, 6) is 0.916. The largest absolute Gasteiger partial charge is 0.364 e. The Labute approximate surface area is 108 Å². The second kappa shape index (κ2) is 5.71. The summed E-state index contributed by atoms with van der Waals surface area (Å²) in [6.07, 6.45) is 7.05. The molecule has 0 bridgehead atoms. The highest BCUT2D eigenvalue weighted by Crippen LogP contribution is 2.12. The minimum atomic E-state index is 0.448. The lowest BCUT2D eigenvalue weighted by Crippen LogP contribution is -2.06. The number of nitrogens with zero attached hydrogens (tertiary/aromatic N) is 4. The Hall–Kier alpha value is -1.78. The van der Waals surface area contributed by atoms with E-state index in [4.69, 9.17) is 0 Å². The van der Waals surface area contributed by atoms with Crippen LogP contribution in [-0.2, 0) is 13.1 Å². The summed E-state index contributed by atoms with van der Waals surface area (Å²) in [6, 6.07) is 2.46. The summed E-state index contributed by atoms with van der Waals surface area (Å²) >= 11 is 0. The number of hydrogen-bond acceptors (Lipinski definition) is 3. The van der Waals surface area contributed by atoms with Crippen molar-refractivity contribution in [2.24, 2.45) is 0 Å². The van der Waals surface area contributed by atoms with Crippen molar-refractivity contribution in [2.45, 2.75) is 46.3 Å². The predicted molar refractivity (Wildman–Crippen MR) is 72.5 cm³/mol. The lowest BCUT2D eigenvalue weighted by atomic mass is 10.3. The average molecular weight is 247 g/mol. The third-order valence-corrected chi connectivity index (χ3v) is 3.14. The van der Waals surface area contributed by atoms with Crippen molar-refractivity contribution in [1.29, 1.82) is 0 Å². The molecule has 1 N–H and O–H groups in total. The van der Waals surface area contributed by atoms with Gasteiger partial charge in [0.25, 0.3) is 0 Å². The molecule has 1 atom stereocenters. The van der Waals surface area contributed by atoms with Crippen molar-refractivity contribution in [2.75, 3.05) is 5.32 Å².